The second kappa shape index (κ2) is 8.49. The van der Waals surface area contributed by atoms with Gasteiger partial charge in [-0.2, -0.15) is 5.10 Å². The van der Waals surface area contributed by atoms with Gasteiger partial charge < -0.3 is 9.84 Å². The number of carbonyl (C=O) groups is 1. The molecule has 1 N–H and O–H groups in total. The van der Waals surface area contributed by atoms with Gasteiger partial charge in [0.1, 0.15) is 15.5 Å². The molecule has 3 rings (SSSR count). The van der Waals surface area contributed by atoms with Gasteiger partial charge in [-0.1, -0.05) is 29.7 Å². The minimum absolute atomic E-state index is 0.221. The van der Waals surface area contributed by atoms with Crippen LogP contribution in [0.15, 0.2) is 45.8 Å². The Morgan fingerprint density at radius 1 is 1.41 bits per heavy atom. The third-order valence-electron chi connectivity index (χ3n) is 3.78. The minimum atomic E-state index is -0.374. The van der Waals surface area contributed by atoms with E-state index in [1.165, 1.54) is 0 Å². The van der Waals surface area contributed by atoms with Crippen LogP contribution >= 0.6 is 27.5 Å². The van der Waals surface area contributed by atoms with Crippen molar-refractivity contribution in [2.24, 2.45) is 7.05 Å². The Kier molecular flexibility index (Phi) is 6.08. The topological polar surface area (TPSA) is 85.8 Å². The van der Waals surface area contributed by atoms with Crippen LogP contribution in [0.2, 0.25) is 5.15 Å². The molecule has 0 fully saturated rings. The van der Waals surface area contributed by atoms with E-state index in [1.54, 1.807) is 48.4 Å². The number of nitrogens with one attached hydrogen (secondary N) is 1. The minimum Gasteiger partial charge on any atom is -0.361 e. The quantitative estimate of drug-likeness (QED) is 0.574. The number of nitrogens with zero attached hydrogens (tertiary/aromatic N) is 4. The third-order valence-corrected chi connectivity index (χ3v) is 4.93. The van der Waals surface area contributed by atoms with E-state index in [0.29, 0.717) is 22.2 Å². The van der Waals surface area contributed by atoms with E-state index in [1.807, 2.05) is 6.92 Å². The van der Waals surface area contributed by atoms with Crippen LogP contribution in [-0.2, 0) is 13.5 Å². The fraction of sp³-hybridized carbons (Fsp3) is 0.222. The summed E-state index contributed by atoms with van der Waals surface area (Å²) in [5.74, 6) is 0.305. The molecule has 0 unspecified atom stereocenters. The standard InChI is InChI=1S/C18H17BrClN5O2/c1-3-5-11-8-15(24-27-11)18(26)21-9-12(13-10-22-25(2)17(13)19)14-6-4-7-16(20)23-14/h4,6-10H,3,5H2,1-2H3,(H,21,26)/b12-9-. The summed E-state index contributed by atoms with van der Waals surface area (Å²) in [5.41, 5.74) is 2.24. The van der Waals surface area contributed by atoms with Gasteiger partial charge in [0.25, 0.3) is 5.91 Å². The zero-order valence-corrected chi connectivity index (χ0v) is 17.1. The van der Waals surface area contributed by atoms with E-state index in [4.69, 9.17) is 16.1 Å². The maximum Gasteiger partial charge on any atom is 0.277 e. The number of aromatic nitrogens is 4. The van der Waals surface area contributed by atoms with Crippen molar-refractivity contribution >= 4 is 39.0 Å². The maximum absolute atomic E-state index is 12.4. The molecule has 7 nitrogen and oxygen atoms in total. The van der Waals surface area contributed by atoms with Crippen molar-refractivity contribution in [1.29, 1.82) is 0 Å². The van der Waals surface area contributed by atoms with Crippen molar-refractivity contribution in [3.63, 3.8) is 0 Å². The van der Waals surface area contributed by atoms with Gasteiger partial charge in [-0.25, -0.2) is 4.98 Å². The molecular formula is C18H17BrClN5O2. The molecule has 3 aromatic rings. The van der Waals surface area contributed by atoms with E-state index in [0.717, 1.165) is 23.0 Å². The second-order valence-corrected chi connectivity index (χ2v) is 6.92. The third kappa shape index (κ3) is 4.45. The molecule has 0 aliphatic rings. The first kappa shape index (κ1) is 19.3. The van der Waals surface area contributed by atoms with Gasteiger partial charge in [-0.15, -0.1) is 0 Å². The summed E-state index contributed by atoms with van der Waals surface area (Å²) in [6.07, 6.45) is 4.89. The van der Waals surface area contributed by atoms with Crippen molar-refractivity contribution in [2.75, 3.05) is 0 Å². The van der Waals surface area contributed by atoms with Crippen molar-refractivity contribution < 1.29 is 9.32 Å². The van der Waals surface area contributed by atoms with Gasteiger partial charge in [-0.05, 0) is 34.5 Å². The summed E-state index contributed by atoms with van der Waals surface area (Å²) in [6, 6.07) is 6.92. The van der Waals surface area contributed by atoms with Crippen LogP contribution in [0.25, 0.3) is 5.57 Å². The number of amides is 1. The molecule has 0 bridgehead atoms. The monoisotopic (exact) mass is 449 g/mol. The summed E-state index contributed by atoms with van der Waals surface area (Å²) >= 11 is 9.53. The van der Waals surface area contributed by atoms with Crippen LogP contribution in [0, 0.1) is 0 Å². The first-order valence-corrected chi connectivity index (χ1v) is 9.44. The summed E-state index contributed by atoms with van der Waals surface area (Å²) in [6.45, 7) is 2.03. The molecule has 9 heteroatoms. The van der Waals surface area contributed by atoms with Crippen molar-refractivity contribution in [3.8, 4) is 0 Å². The molecule has 27 heavy (non-hydrogen) atoms. The molecule has 0 saturated heterocycles. The van der Waals surface area contributed by atoms with Crippen LogP contribution in [0.3, 0.4) is 0 Å². The van der Waals surface area contributed by atoms with Gasteiger partial charge >= 0.3 is 0 Å². The fourth-order valence-electron chi connectivity index (χ4n) is 2.45. The van der Waals surface area contributed by atoms with Crippen LogP contribution < -0.4 is 5.32 Å². The lowest BCUT2D eigenvalue weighted by Crippen LogP contribution is -2.18. The highest BCUT2D eigenvalue weighted by atomic mass is 79.9. The number of aryl methyl sites for hydroxylation is 2. The van der Waals surface area contributed by atoms with Gasteiger partial charge in [0.2, 0.25) is 0 Å². The van der Waals surface area contributed by atoms with Gasteiger partial charge in [0, 0.05) is 36.9 Å². The second-order valence-electron chi connectivity index (χ2n) is 5.78. The van der Waals surface area contributed by atoms with Crippen LogP contribution in [-0.4, -0.2) is 25.8 Å². The average molecular weight is 451 g/mol. The van der Waals surface area contributed by atoms with E-state index >= 15 is 0 Å². The summed E-state index contributed by atoms with van der Waals surface area (Å²) < 4.78 is 7.58. The first-order valence-electron chi connectivity index (χ1n) is 8.27. The molecule has 140 valence electrons. The normalized spacial score (nSPS) is 11.6. The number of carbonyl (C=O) groups excluding carboxylic acids is 1. The van der Waals surface area contributed by atoms with E-state index in [-0.39, 0.29) is 11.6 Å². The lowest BCUT2D eigenvalue weighted by molar-refractivity contribution is 0.0961. The molecule has 1 amide bonds. The van der Waals surface area contributed by atoms with E-state index in [9.17, 15) is 4.79 Å². The maximum atomic E-state index is 12.4. The summed E-state index contributed by atoms with van der Waals surface area (Å²) in [4.78, 5) is 16.8. The molecule has 3 heterocycles. The molecule has 0 spiro atoms. The summed E-state index contributed by atoms with van der Waals surface area (Å²) in [7, 11) is 1.81. The van der Waals surface area contributed by atoms with Crippen molar-refractivity contribution in [1.82, 2.24) is 25.2 Å². The smallest absolute Gasteiger partial charge is 0.277 e. The zero-order valence-electron chi connectivity index (χ0n) is 14.7. The highest BCUT2D eigenvalue weighted by molar-refractivity contribution is 9.10. The van der Waals surface area contributed by atoms with Gasteiger partial charge in [0.15, 0.2) is 5.69 Å². The van der Waals surface area contributed by atoms with Crippen molar-refractivity contribution in [2.45, 2.75) is 19.8 Å². The van der Waals surface area contributed by atoms with Crippen LogP contribution in [0.1, 0.15) is 40.9 Å². The van der Waals surface area contributed by atoms with Crippen LogP contribution in [0.5, 0.6) is 0 Å². The van der Waals surface area contributed by atoms with Crippen molar-refractivity contribution in [3.05, 3.63) is 69.1 Å². The molecule has 0 atom stereocenters. The molecular weight excluding hydrogens is 434 g/mol. The number of pyridine rings is 1. The Hall–Kier alpha value is -2.45. The Morgan fingerprint density at radius 3 is 2.89 bits per heavy atom. The lowest BCUT2D eigenvalue weighted by Gasteiger charge is -2.07. The Labute approximate surface area is 169 Å². The number of hydrogen-bond donors (Lipinski definition) is 1. The molecule has 0 saturated carbocycles. The summed E-state index contributed by atoms with van der Waals surface area (Å²) in [5, 5.41) is 11.1. The predicted molar refractivity (Wildman–Crippen MR) is 105 cm³/mol. The van der Waals surface area contributed by atoms with Gasteiger partial charge in [-0.3, -0.25) is 9.48 Å². The predicted octanol–water partition coefficient (Wildman–Crippen LogP) is 3.99. The highest BCUT2D eigenvalue weighted by Gasteiger charge is 2.16. The molecule has 0 aromatic carbocycles. The van der Waals surface area contributed by atoms with E-state index < -0.39 is 0 Å². The zero-order chi connectivity index (χ0) is 19.4. The van der Waals surface area contributed by atoms with E-state index in [2.05, 4.69) is 36.5 Å². The number of halogens is 2. The number of rotatable bonds is 6. The molecule has 0 radical (unpaired) electrons. The van der Waals surface area contributed by atoms with Gasteiger partial charge in [0.05, 0.1) is 11.9 Å². The average Bonchev–Trinajstić information content (AvgIpc) is 3.24. The SMILES string of the molecule is CCCc1cc(C(=O)N/C=C(\c2cccc(Cl)n2)c2cnn(C)c2Br)no1. The number of hydrogen-bond acceptors (Lipinski definition) is 5. The molecule has 0 aliphatic carbocycles. The molecule has 3 aromatic heterocycles. The largest absolute Gasteiger partial charge is 0.361 e. The highest BCUT2D eigenvalue weighted by Crippen LogP contribution is 2.28. The fourth-order valence-corrected chi connectivity index (χ4v) is 3.02. The lowest BCUT2D eigenvalue weighted by atomic mass is 10.1. The Morgan fingerprint density at radius 2 is 2.22 bits per heavy atom. The Bertz CT molecular complexity index is 995. The first-order chi connectivity index (χ1) is 13.0. The van der Waals surface area contributed by atoms with Crippen LogP contribution in [0.4, 0.5) is 0 Å². The Balaban J connectivity index is 1.92. The molecule has 0 aliphatic heterocycles.